The molecule has 1 aliphatic heterocycles. The van der Waals surface area contributed by atoms with Crippen LogP contribution in [0.2, 0.25) is 0 Å². The number of piperidine rings is 1. The highest BCUT2D eigenvalue weighted by Gasteiger charge is 2.38. The molecule has 0 bridgehead atoms. The van der Waals surface area contributed by atoms with Gasteiger partial charge in [-0.05, 0) is 44.0 Å². The van der Waals surface area contributed by atoms with Crippen LogP contribution in [0.15, 0.2) is 28.7 Å². The van der Waals surface area contributed by atoms with Gasteiger partial charge in [-0.25, -0.2) is 4.39 Å². The first-order chi connectivity index (χ1) is 7.13. The van der Waals surface area contributed by atoms with E-state index in [1.54, 1.807) is 0 Å². The molecule has 1 aromatic rings. The van der Waals surface area contributed by atoms with Gasteiger partial charge in [-0.3, -0.25) is 0 Å². The van der Waals surface area contributed by atoms with Crippen LogP contribution >= 0.6 is 28.3 Å². The molecule has 4 heteroatoms. The van der Waals surface area contributed by atoms with E-state index in [0.29, 0.717) is 6.42 Å². The first-order valence-corrected chi connectivity index (χ1v) is 6.07. The van der Waals surface area contributed by atoms with Crippen molar-refractivity contribution in [3.63, 3.8) is 0 Å². The molecule has 1 aromatic carbocycles. The van der Waals surface area contributed by atoms with Crippen molar-refractivity contribution in [1.82, 2.24) is 5.32 Å². The molecule has 0 amide bonds. The third-order valence-corrected chi connectivity index (χ3v) is 3.67. The fourth-order valence-electron chi connectivity index (χ4n) is 2.12. The molecule has 0 spiro atoms. The van der Waals surface area contributed by atoms with Gasteiger partial charge in [-0.15, -0.1) is 12.4 Å². The third-order valence-electron chi connectivity index (χ3n) is 3.18. The van der Waals surface area contributed by atoms with E-state index >= 15 is 0 Å². The highest BCUT2D eigenvalue weighted by Crippen LogP contribution is 2.33. The molecule has 2 unspecified atom stereocenters. The van der Waals surface area contributed by atoms with Crippen LogP contribution in [0.1, 0.15) is 25.3 Å². The quantitative estimate of drug-likeness (QED) is 0.832. The van der Waals surface area contributed by atoms with Crippen LogP contribution in [0.25, 0.3) is 0 Å². The van der Waals surface area contributed by atoms with Gasteiger partial charge in [-0.2, -0.15) is 0 Å². The molecule has 1 N–H and O–H groups in total. The number of alkyl halides is 1. The lowest BCUT2D eigenvalue weighted by Gasteiger charge is -2.38. The molecule has 0 radical (unpaired) electrons. The molecule has 16 heavy (non-hydrogen) atoms. The molecule has 1 fully saturated rings. The average molecular weight is 309 g/mol. The van der Waals surface area contributed by atoms with E-state index in [1.807, 2.05) is 31.2 Å². The second-order valence-electron chi connectivity index (χ2n) is 4.25. The fraction of sp³-hybridized carbons (Fsp3) is 0.500. The molecule has 2 rings (SSSR count). The normalized spacial score (nSPS) is 29.6. The molecule has 0 aromatic heterocycles. The van der Waals surface area contributed by atoms with E-state index in [1.165, 1.54) is 0 Å². The maximum absolute atomic E-state index is 14.0. The van der Waals surface area contributed by atoms with E-state index in [0.717, 1.165) is 23.0 Å². The number of hydrogen-bond donors (Lipinski definition) is 1. The number of rotatable bonds is 1. The molecule has 1 heterocycles. The van der Waals surface area contributed by atoms with Gasteiger partial charge in [0.25, 0.3) is 0 Å². The second-order valence-corrected chi connectivity index (χ2v) is 5.16. The van der Waals surface area contributed by atoms with Crippen LogP contribution in [-0.4, -0.2) is 12.7 Å². The molecular formula is C12H16BrClFN. The van der Waals surface area contributed by atoms with Crippen LogP contribution in [0.5, 0.6) is 0 Å². The van der Waals surface area contributed by atoms with Gasteiger partial charge in [0.15, 0.2) is 0 Å². The SMILES string of the molecule is CC1(c2cccc(Br)c2)NCCCC1F.Cl. The number of benzene rings is 1. The van der Waals surface area contributed by atoms with Crippen LogP contribution in [0, 0.1) is 0 Å². The molecule has 90 valence electrons. The smallest absolute Gasteiger partial charge is 0.122 e. The number of hydrogen-bond acceptors (Lipinski definition) is 1. The zero-order valence-electron chi connectivity index (χ0n) is 9.17. The molecule has 2 atom stereocenters. The summed E-state index contributed by atoms with van der Waals surface area (Å²) in [6.07, 6.45) is 0.765. The summed E-state index contributed by atoms with van der Waals surface area (Å²) in [7, 11) is 0. The van der Waals surface area contributed by atoms with Crippen LogP contribution in [0.3, 0.4) is 0 Å². The van der Waals surface area contributed by atoms with Gasteiger partial charge in [-0.1, -0.05) is 28.1 Å². The molecule has 0 aliphatic carbocycles. The molecule has 1 aliphatic rings. The summed E-state index contributed by atoms with van der Waals surface area (Å²) >= 11 is 3.42. The predicted molar refractivity (Wildman–Crippen MR) is 70.9 cm³/mol. The van der Waals surface area contributed by atoms with Crippen molar-refractivity contribution in [2.75, 3.05) is 6.54 Å². The van der Waals surface area contributed by atoms with Gasteiger partial charge in [0.05, 0.1) is 5.54 Å². The Labute approximate surface area is 110 Å². The Hall–Kier alpha value is -0.120. The summed E-state index contributed by atoms with van der Waals surface area (Å²) in [5.41, 5.74) is 0.492. The fourth-order valence-corrected chi connectivity index (χ4v) is 2.52. The Morgan fingerprint density at radius 2 is 2.25 bits per heavy atom. The highest BCUT2D eigenvalue weighted by molar-refractivity contribution is 9.10. The Bertz CT molecular complexity index is 361. The van der Waals surface area contributed by atoms with Crippen molar-refractivity contribution in [3.8, 4) is 0 Å². The summed E-state index contributed by atoms with van der Waals surface area (Å²) in [6, 6.07) is 7.89. The molecule has 0 saturated carbocycles. The van der Waals surface area contributed by atoms with Crippen molar-refractivity contribution in [3.05, 3.63) is 34.3 Å². The zero-order valence-corrected chi connectivity index (χ0v) is 11.6. The Balaban J connectivity index is 0.00000128. The maximum Gasteiger partial charge on any atom is 0.122 e. The van der Waals surface area contributed by atoms with E-state index in [9.17, 15) is 4.39 Å². The van der Waals surface area contributed by atoms with Crippen molar-refractivity contribution >= 4 is 28.3 Å². The van der Waals surface area contributed by atoms with Gasteiger partial charge in [0.2, 0.25) is 0 Å². The minimum Gasteiger partial charge on any atom is -0.305 e. The summed E-state index contributed by atoms with van der Waals surface area (Å²) in [5.74, 6) is 0. The number of halogens is 3. The largest absolute Gasteiger partial charge is 0.305 e. The first-order valence-electron chi connectivity index (χ1n) is 5.28. The van der Waals surface area contributed by atoms with Crippen LogP contribution in [-0.2, 0) is 5.54 Å². The lowest BCUT2D eigenvalue weighted by molar-refractivity contribution is 0.121. The topological polar surface area (TPSA) is 12.0 Å². The average Bonchev–Trinajstić information content (AvgIpc) is 2.23. The van der Waals surface area contributed by atoms with E-state index in [-0.39, 0.29) is 12.4 Å². The standard InChI is InChI=1S/C12H15BrFN.ClH/c1-12(11(14)6-3-7-15-12)9-4-2-5-10(13)8-9;/h2,4-5,8,11,15H,3,6-7H2,1H3;1H. The Morgan fingerprint density at radius 3 is 2.88 bits per heavy atom. The Morgan fingerprint density at radius 1 is 1.50 bits per heavy atom. The van der Waals surface area contributed by atoms with Gasteiger partial charge in [0.1, 0.15) is 6.17 Å². The monoisotopic (exact) mass is 307 g/mol. The third kappa shape index (κ3) is 2.58. The second kappa shape index (κ2) is 5.48. The first kappa shape index (κ1) is 13.9. The highest BCUT2D eigenvalue weighted by atomic mass is 79.9. The van der Waals surface area contributed by atoms with E-state index in [2.05, 4.69) is 21.2 Å². The number of nitrogens with one attached hydrogen (secondary N) is 1. The van der Waals surface area contributed by atoms with Gasteiger partial charge < -0.3 is 5.32 Å². The lowest BCUT2D eigenvalue weighted by atomic mass is 9.82. The maximum atomic E-state index is 14.0. The van der Waals surface area contributed by atoms with E-state index in [4.69, 9.17) is 0 Å². The summed E-state index contributed by atoms with van der Waals surface area (Å²) in [4.78, 5) is 0. The minimum atomic E-state index is -0.805. The minimum absolute atomic E-state index is 0. The van der Waals surface area contributed by atoms with Gasteiger partial charge in [0, 0.05) is 4.47 Å². The zero-order chi connectivity index (χ0) is 10.9. The summed E-state index contributed by atoms with van der Waals surface area (Å²) in [5, 5.41) is 3.29. The van der Waals surface area contributed by atoms with Gasteiger partial charge >= 0.3 is 0 Å². The summed E-state index contributed by atoms with van der Waals surface area (Å²) in [6.45, 7) is 2.84. The van der Waals surface area contributed by atoms with Crippen molar-refractivity contribution in [1.29, 1.82) is 0 Å². The Kier molecular flexibility index (Phi) is 4.77. The molecule has 1 saturated heterocycles. The molecule has 1 nitrogen and oxygen atoms in total. The van der Waals surface area contributed by atoms with Crippen molar-refractivity contribution in [2.24, 2.45) is 0 Å². The lowest BCUT2D eigenvalue weighted by Crippen LogP contribution is -2.51. The van der Waals surface area contributed by atoms with E-state index < -0.39 is 11.7 Å². The predicted octanol–water partition coefficient (Wildman–Crippen LogP) is 3.81. The van der Waals surface area contributed by atoms with Crippen molar-refractivity contribution < 1.29 is 4.39 Å². The molecular weight excluding hydrogens is 292 g/mol. The van der Waals surface area contributed by atoms with Crippen LogP contribution < -0.4 is 5.32 Å². The summed E-state index contributed by atoms with van der Waals surface area (Å²) < 4.78 is 15.0. The van der Waals surface area contributed by atoms with Crippen LogP contribution in [0.4, 0.5) is 4.39 Å². The van der Waals surface area contributed by atoms with Crippen molar-refractivity contribution in [2.45, 2.75) is 31.5 Å².